The first kappa shape index (κ1) is 11.6. The molecule has 88 valence electrons. The van der Waals surface area contributed by atoms with Crippen molar-refractivity contribution in [1.82, 2.24) is 4.57 Å². The van der Waals surface area contributed by atoms with E-state index in [1.165, 1.54) is 6.20 Å². The minimum absolute atomic E-state index is 0.131. The van der Waals surface area contributed by atoms with Gasteiger partial charge in [0.2, 0.25) is 0 Å². The number of carboxylic acid groups (broad SMARTS) is 1. The summed E-state index contributed by atoms with van der Waals surface area (Å²) in [5.74, 6) is -2.68. The lowest BCUT2D eigenvalue weighted by atomic mass is 10.3. The predicted molar refractivity (Wildman–Crippen MR) is 57.7 cm³/mol. The molecule has 2 aromatic rings. The molecular formula is C11H6ClF2NO2. The van der Waals surface area contributed by atoms with Crippen LogP contribution in [0.4, 0.5) is 8.78 Å². The van der Waals surface area contributed by atoms with Gasteiger partial charge in [-0.1, -0.05) is 11.6 Å². The summed E-state index contributed by atoms with van der Waals surface area (Å²) in [6.45, 7) is 0. The number of aromatic carboxylic acids is 1. The number of halogens is 3. The van der Waals surface area contributed by atoms with Crippen molar-refractivity contribution in [3.05, 3.63) is 52.8 Å². The van der Waals surface area contributed by atoms with Crippen LogP contribution in [0.5, 0.6) is 0 Å². The van der Waals surface area contributed by atoms with Crippen LogP contribution in [0.1, 0.15) is 10.5 Å². The standard InChI is InChI=1S/C11H6ClF2NO2/c12-6-3-10(11(16)17)15(5-6)9-4-7(13)1-2-8(9)14/h1-5H,(H,16,17). The highest BCUT2D eigenvalue weighted by Gasteiger charge is 2.16. The van der Waals surface area contributed by atoms with Gasteiger partial charge in [0, 0.05) is 12.3 Å². The molecule has 1 aromatic carbocycles. The van der Waals surface area contributed by atoms with E-state index in [4.69, 9.17) is 16.7 Å². The summed E-state index contributed by atoms with van der Waals surface area (Å²) in [4.78, 5) is 10.9. The molecule has 0 spiro atoms. The SMILES string of the molecule is O=C(O)c1cc(Cl)cn1-c1cc(F)ccc1F. The monoisotopic (exact) mass is 257 g/mol. The molecule has 6 heteroatoms. The molecule has 1 aromatic heterocycles. The molecule has 0 saturated heterocycles. The molecule has 0 bridgehead atoms. The van der Waals surface area contributed by atoms with Gasteiger partial charge in [-0.05, 0) is 18.2 Å². The molecule has 1 N–H and O–H groups in total. The Balaban J connectivity index is 2.67. The lowest BCUT2D eigenvalue weighted by Crippen LogP contribution is -2.07. The molecule has 0 radical (unpaired) electrons. The number of nitrogens with zero attached hydrogens (tertiary/aromatic N) is 1. The molecule has 0 unspecified atom stereocenters. The maximum atomic E-state index is 13.5. The third kappa shape index (κ3) is 2.14. The minimum Gasteiger partial charge on any atom is -0.477 e. The van der Waals surface area contributed by atoms with Gasteiger partial charge in [0.1, 0.15) is 17.3 Å². The smallest absolute Gasteiger partial charge is 0.352 e. The second kappa shape index (κ2) is 4.18. The third-order valence-electron chi connectivity index (χ3n) is 2.17. The van der Waals surface area contributed by atoms with Gasteiger partial charge >= 0.3 is 5.97 Å². The molecule has 0 aliphatic heterocycles. The van der Waals surface area contributed by atoms with Crippen molar-refractivity contribution in [2.24, 2.45) is 0 Å². The van der Waals surface area contributed by atoms with Crippen molar-refractivity contribution in [3.63, 3.8) is 0 Å². The molecule has 0 fully saturated rings. The summed E-state index contributed by atoms with van der Waals surface area (Å²) in [5.41, 5.74) is -0.436. The van der Waals surface area contributed by atoms with Crippen LogP contribution < -0.4 is 0 Å². The molecule has 0 atom stereocenters. The van der Waals surface area contributed by atoms with E-state index in [0.717, 1.165) is 28.8 Å². The van der Waals surface area contributed by atoms with E-state index in [2.05, 4.69) is 0 Å². The van der Waals surface area contributed by atoms with E-state index in [-0.39, 0.29) is 16.4 Å². The largest absolute Gasteiger partial charge is 0.477 e. The molecule has 2 rings (SSSR count). The average Bonchev–Trinajstić information content (AvgIpc) is 2.64. The quantitative estimate of drug-likeness (QED) is 0.898. The van der Waals surface area contributed by atoms with Crippen LogP contribution in [0.25, 0.3) is 5.69 Å². The van der Waals surface area contributed by atoms with Gasteiger partial charge in [0.25, 0.3) is 0 Å². The lowest BCUT2D eigenvalue weighted by Gasteiger charge is -2.07. The second-order valence-corrected chi connectivity index (χ2v) is 3.75. The summed E-state index contributed by atoms with van der Waals surface area (Å²) in [6, 6.07) is 3.93. The van der Waals surface area contributed by atoms with Crippen molar-refractivity contribution in [1.29, 1.82) is 0 Å². The fourth-order valence-electron chi connectivity index (χ4n) is 1.46. The van der Waals surface area contributed by atoms with Crippen LogP contribution in [0.15, 0.2) is 30.5 Å². The maximum absolute atomic E-state index is 13.5. The van der Waals surface area contributed by atoms with Crippen molar-refractivity contribution >= 4 is 17.6 Å². The summed E-state index contributed by atoms with van der Waals surface area (Å²) >= 11 is 5.65. The van der Waals surface area contributed by atoms with Crippen molar-refractivity contribution in [3.8, 4) is 5.69 Å². The Kier molecular flexibility index (Phi) is 2.85. The number of hydrogen-bond donors (Lipinski definition) is 1. The highest BCUT2D eigenvalue weighted by molar-refractivity contribution is 6.31. The van der Waals surface area contributed by atoms with Crippen LogP contribution >= 0.6 is 11.6 Å². The van der Waals surface area contributed by atoms with Crippen molar-refractivity contribution in [2.45, 2.75) is 0 Å². The van der Waals surface area contributed by atoms with E-state index in [9.17, 15) is 13.6 Å². The van der Waals surface area contributed by atoms with Crippen LogP contribution in [0.2, 0.25) is 5.02 Å². The molecule has 17 heavy (non-hydrogen) atoms. The molecule has 0 saturated carbocycles. The summed E-state index contributed by atoms with van der Waals surface area (Å²) < 4.78 is 27.5. The Labute approximate surface area is 99.9 Å². The molecule has 1 heterocycles. The fraction of sp³-hybridized carbons (Fsp3) is 0. The zero-order valence-corrected chi connectivity index (χ0v) is 9.08. The van der Waals surface area contributed by atoms with Gasteiger partial charge in [-0.2, -0.15) is 0 Å². The van der Waals surface area contributed by atoms with Gasteiger partial charge in [-0.25, -0.2) is 13.6 Å². The topological polar surface area (TPSA) is 42.2 Å². The number of hydrogen-bond acceptors (Lipinski definition) is 1. The van der Waals surface area contributed by atoms with Crippen LogP contribution in [0, 0.1) is 11.6 Å². The van der Waals surface area contributed by atoms with E-state index in [0.29, 0.717) is 0 Å². The molecule has 0 aliphatic rings. The van der Waals surface area contributed by atoms with Crippen LogP contribution in [0.3, 0.4) is 0 Å². The van der Waals surface area contributed by atoms with Gasteiger partial charge in [-0.15, -0.1) is 0 Å². The van der Waals surface area contributed by atoms with Gasteiger partial charge < -0.3 is 9.67 Å². The minimum atomic E-state index is -1.28. The molecule has 3 nitrogen and oxygen atoms in total. The third-order valence-corrected chi connectivity index (χ3v) is 2.38. The van der Waals surface area contributed by atoms with Gasteiger partial charge in [0.05, 0.1) is 10.7 Å². The Morgan fingerprint density at radius 3 is 2.65 bits per heavy atom. The Morgan fingerprint density at radius 1 is 1.29 bits per heavy atom. The van der Waals surface area contributed by atoms with Crippen molar-refractivity contribution < 1.29 is 18.7 Å². The number of benzene rings is 1. The number of rotatable bonds is 2. The number of carboxylic acids is 1. The van der Waals surface area contributed by atoms with E-state index in [1.54, 1.807) is 0 Å². The van der Waals surface area contributed by atoms with E-state index in [1.807, 2.05) is 0 Å². The Morgan fingerprint density at radius 2 is 2.00 bits per heavy atom. The Hall–Kier alpha value is -1.88. The normalized spacial score (nSPS) is 10.5. The first-order valence-electron chi connectivity index (χ1n) is 4.55. The molecule has 0 amide bonds. The predicted octanol–water partition coefficient (Wildman–Crippen LogP) is 3.11. The molecule has 0 aliphatic carbocycles. The highest BCUT2D eigenvalue weighted by atomic mass is 35.5. The second-order valence-electron chi connectivity index (χ2n) is 3.31. The first-order chi connectivity index (χ1) is 7.99. The number of carbonyl (C=O) groups is 1. The fourth-order valence-corrected chi connectivity index (χ4v) is 1.67. The zero-order chi connectivity index (χ0) is 12.6. The zero-order valence-electron chi connectivity index (χ0n) is 8.32. The Bertz CT molecular complexity index is 595. The van der Waals surface area contributed by atoms with Crippen LogP contribution in [-0.4, -0.2) is 15.6 Å². The number of aromatic nitrogens is 1. The van der Waals surface area contributed by atoms with Crippen molar-refractivity contribution in [2.75, 3.05) is 0 Å². The van der Waals surface area contributed by atoms with Crippen LogP contribution in [-0.2, 0) is 0 Å². The average molecular weight is 258 g/mol. The first-order valence-corrected chi connectivity index (χ1v) is 4.93. The van der Waals surface area contributed by atoms with E-state index < -0.39 is 17.6 Å². The van der Waals surface area contributed by atoms with Gasteiger partial charge in [0.15, 0.2) is 0 Å². The lowest BCUT2D eigenvalue weighted by molar-refractivity contribution is 0.0688. The summed E-state index contributed by atoms with van der Waals surface area (Å²) in [7, 11) is 0. The van der Waals surface area contributed by atoms with Gasteiger partial charge in [-0.3, -0.25) is 0 Å². The maximum Gasteiger partial charge on any atom is 0.352 e. The summed E-state index contributed by atoms with van der Waals surface area (Å²) in [5, 5.41) is 9.04. The van der Waals surface area contributed by atoms with E-state index >= 15 is 0 Å². The summed E-state index contributed by atoms with van der Waals surface area (Å²) in [6.07, 6.45) is 1.21. The highest BCUT2D eigenvalue weighted by Crippen LogP contribution is 2.22. The molecular weight excluding hydrogens is 252 g/mol.